The first-order valence-electron chi connectivity index (χ1n) is 7.35. The van der Waals surface area contributed by atoms with Gasteiger partial charge in [-0.05, 0) is 12.1 Å². The van der Waals surface area contributed by atoms with Crippen molar-refractivity contribution in [2.24, 2.45) is 0 Å². The molecule has 0 saturated carbocycles. The summed E-state index contributed by atoms with van der Waals surface area (Å²) in [7, 11) is 0. The van der Waals surface area contributed by atoms with Crippen molar-refractivity contribution in [3.05, 3.63) is 71.4 Å². The number of hydrogen-bond acceptors (Lipinski definition) is 5. The third kappa shape index (κ3) is 3.44. The Morgan fingerprint density at radius 2 is 1.88 bits per heavy atom. The number of alkyl halides is 3. The van der Waals surface area contributed by atoms with E-state index in [1.807, 2.05) is 6.07 Å². The summed E-state index contributed by atoms with van der Waals surface area (Å²) in [5.41, 5.74) is -1.10. The number of Topliss-reactive ketones (excluding diaryl/α,β-unsaturated/α-hetero) is 1. The van der Waals surface area contributed by atoms with Gasteiger partial charge in [-0.3, -0.25) is 4.79 Å². The molecule has 0 atom stereocenters. The number of carbonyl (C=O) groups excluding carboxylic acids is 1. The van der Waals surface area contributed by atoms with E-state index in [1.165, 1.54) is 41.5 Å². The fraction of sp³-hybridized carbons (Fsp3) is 0.118. The van der Waals surface area contributed by atoms with E-state index in [0.29, 0.717) is 0 Å². The molecule has 3 aromatic rings. The predicted molar refractivity (Wildman–Crippen MR) is 83.3 cm³/mol. The number of aromatic nitrogens is 4. The lowest BCUT2D eigenvalue weighted by Gasteiger charge is -2.11. The molecule has 1 aromatic carbocycles. The van der Waals surface area contributed by atoms with Crippen LogP contribution in [0.4, 0.5) is 13.2 Å². The van der Waals surface area contributed by atoms with Crippen LogP contribution in [0, 0.1) is 11.3 Å². The molecule has 0 unspecified atom stereocenters. The van der Waals surface area contributed by atoms with Crippen LogP contribution in [0.3, 0.4) is 0 Å². The van der Waals surface area contributed by atoms with Crippen molar-refractivity contribution >= 4 is 5.78 Å². The lowest BCUT2D eigenvalue weighted by atomic mass is 10.0. The molecule has 0 aliphatic rings. The second-order valence-electron chi connectivity index (χ2n) is 5.24. The van der Waals surface area contributed by atoms with Gasteiger partial charge in [0, 0.05) is 24.2 Å². The minimum atomic E-state index is -4.62. The second kappa shape index (κ2) is 6.76. The van der Waals surface area contributed by atoms with Gasteiger partial charge in [0.25, 0.3) is 0 Å². The molecule has 2 heterocycles. The third-order valence-corrected chi connectivity index (χ3v) is 3.52. The van der Waals surface area contributed by atoms with Gasteiger partial charge < -0.3 is 0 Å². The first-order chi connectivity index (χ1) is 12.4. The lowest BCUT2D eigenvalue weighted by Crippen LogP contribution is -2.14. The molecule has 0 saturated heterocycles. The molecule has 3 rings (SSSR count). The average Bonchev–Trinajstić information content (AvgIpc) is 3.09. The highest BCUT2D eigenvalue weighted by atomic mass is 19.4. The molecule has 2 aromatic heterocycles. The van der Waals surface area contributed by atoms with Crippen LogP contribution in [-0.2, 0) is 12.6 Å². The van der Waals surface area contributed by atoms with Gasteiger partial charge in [0.05, 0.1) is 17.7 Å². The van der Waals surface area contributed by atoms with Crippen molar-refractivity contribution in [2.45, 2.75) is 12.6 Å². The van der Waals surface area contributed by atoms with E-state index in [2.05, 4.69) is 15.1 Å². The van der Waals surface area contributed by atoms with Crippen LogP contribution in [0.25, 0.3) is 5.82 Å². The first kappa shape index (κ1) is 17.3. The Morgan fingerprint density at radius 3 is 2.62 bits per heavy atom. The van der Waals surface area contributed by atoms with Gasteiger partial charge in [0.1, 0.15) is 6.07 Å². The van der Waals surface area contributed by atoms with E-state index < -0.39 is 23.1 Å². The zero-order chi connectivity index (χ0) is 18.7. The molecule has 0 aliphatic heterocycles. The normalized spacial score (nSPS) is 11.2. The maximum Gasteiger partial charge on any atom is 0.417 e. The molecule has 0 fully saturated rings. The molecular formula is C17H10F3N5O. The van der Waals surface area contributed by atoms with Crippen LogP contribution in [-0.4, -0.2) is 25.5 Å². The van der Waals surface area contributed by atoms with Crippen LogP contribution in [0.1, 0.15) is 27.3 Å². The molecular weight excluding hydrogens is 347 g/mol. The Hall–Kier alpha value is -3.54. The molecule has 26 heavy (non-hydrogen) atoms. The van der Waals surface area contributed by atoms with Crippen molar-refractivity contribution in [1.82, 2.24) is 19.7 Å². The number of carbonyl (C=O) groups is 1. The number of hydrogen-bond donors (Lipinski definition) is 0. The molecule has 9 heteroatoms. The van der Waals surface area contributed by atoms with Gasteiger partial charge >= 0.3 is 6.18 Å². The van der Waals surface area contributed by atoms with Crippen molar-refractivity contribution in [3.8, 4) is 11.9 Å². The summed E-state index contributed by atoms with van der Waals surface area (Å²) in [5, 5.41) is 13.1. The highest BCUT2D eigenvalue weighted by molar-refractivity contribution is 5.98. The number of nitrogens with zero attached hydrogens (tertiary/aromatic N) is 5. The summed E-state index contributed by atoms with van der Waals surface area (Å²) in [4.78, 5) is 20.2. The van der Waals surface area contributed by atoms with E-state index in [0.717, 1.165) is 12.1 Å². The molecule has 0 N–H and O–H groups in total. The Bertz CT molecular complexity index is 1000. The quantitative estimate of drug-likeness (QED) is 0.670. The zero-order valence-electron chi connectivity index (χ0n) is 13.1. The summed E-state index contributed by atoms with van der Waals surface area (Å²) in [6.07, 6.45) is -0.745. The van der Waals surface area contributed by atoms with E-state index in [9.17, 15) is 18.0 Å². The number of benzene rings is 1. The Balaban J connectivity index is 1.87. The minimum absolute atomic E-state index is 0.0379. The Kier molecular flexibility index (Phi) is 4.49. The topological polar surface area (TPSA) is 84.5 Å². The molecule has 6 nitrogen and oxygen atoms in total. The van der Waals surface area contributed by atoms with Crippen molar-refractivity contribution < 1.29 is 18.0 Å². The van der Waals surface area contributed by atoms with Crippen molar-refractivity contribution in [1.29, 1.82) is 5.26 Å². The van der Waals surface area contributed by atoms with Crippen molar-refractivity contribution in [3.63, 3.8) is 0 Å². The maximum atomic E-state index is 13.0. The third-order valence-electron chi connectivity index (χ3n) is 3.52. The van der Waals surface area contributed by atoms with Crippen LogP contribution < -0.4 is 0 Å². The van der Waals surface area contributed by atoms with Gasteiger partial charge in [0.2, 0.25) is 0 Å². The van der Waals surface area contributed by atoms with E-state index in [-0.39, 0.29) is 23.6 Å². The maximum absolute atomic E-state index is 13.0. The Morgan fingerprint density at radius 1 is 1.15 bits per heavy atom. The molecule has 0 aliphatic carbocycles. The molecule has 0 spiro atoms. The largest absolute Gasteiger partial charge is 0.417 e. The second-order valence-corrected chi connectivity index (χ2v) is 5.24. The van der Waals surface area contributed by atoms with Gasteiger partial charge in [-0.2, -0.15) is 23.5 Å². The number of ketones is 1. The van der Waals surface area contributed by atoms with Gasteiger partial charge in [-0.1, -0.05) is 18.2 Å². The SMILES string of the molecule is N#Cc1nccnc1-n1ccc(CC(=O)c2ccccc2C(F)(F)F)n1. The summed E-state index contributed by atoms with van der Waals surface area (Å²) in [6, 6.07) is 7.95. The zero-order valence-corrected chi connectivity index (χ0v) is 13.1. The number of halogens is 3. The van der Waals surface area contributed by atoms with Crippen LogP contribution in [0.5, 0.6) is 0 Å². The molecule has 0 amide bonds. The summed E-state index contributed by atoms with van der Waals surface area (Å²) in [5.74, 6) is -0.535. The van der Waals surface area contributed by atoms with E-state index >= 15 is 0 Å². The summed E-state index contributed by atoms with van der Waals surface area (Å²) >= 11 is 0. The van der Waals surface area contributed by atoms with Crippen molar-refractivity contribution in [2.75, 3.05) is 0 Å². The summed E-state index contributed by atoms with van der Waals surface area (Å²) < 4.78 is 40.4. The average molecular weight is 357 g/mol. The molecule has 0 bridgehead atoms. The minimum Gasteiger partial charge on any atom is -0.294 e. The fourth-order valence-electron chi connectivity index (χ4n) is 2.38. The highest BCUT2D eigenvalue weighted by Crippen LogP contribution is 2.32. The van der Waals surface area contributed by atoms with Gasteiger partial charge in [-0.25, -0.2) is 14.6 Å². The highest BCUT2D eigenvalue weighted by Gasteiger charge is 2.34. The van der Waals surface area contributed by atoms with E-state index in [4.69, 9.17) is 5.26 Å². The Labute approximate surface area is 145 Å². The van der Waals surface area contributed by atoms with Crippen LogP contribution in [0.2, 0.25) is 0 Å². The van der Waals surface area contributed by atoms with Gasteiger partial charge in [-0.15, -0.1) is 0 Å². The standard InChI is InChI=1S/C17H10F3N5O/c18-17(19,20)13-4-2-1-3-12(13)15(26)9-11-5-8-25(24-11)16-14(10-21)22-6-7-23-16/h1-8H,9H2. The van der Waals surface area contributed by atoms with Crippen LogP contribution in [0.15, 0.2) is 48.9 Å². The number of nitriles is 1. The smallest absolute Gasteiger partial charge is 0.294 e. The first-order valence-corrected chi connectivity index (χ1v) is 7.35. The summed E-state index contributed by atoms with van der Waals surface area (Å²) in [6.45, 7) is 0. The number of rotatable bonds is 4. The van der Waals surface area contributed by atoms with Gasteiger partial charge in [0.15, 0.2) is 17.3 Å². The predicted octanol–water partition coefficient (Wildman–Crippen LogP) is 2.98. The van der Waals surface area contributed by atoms with Crippen LogP contribution >= 0.6 is 0 Å². The molecule has 130 valence electrons. The van der Waals surface area contributed by atoms with E-state index in [1.54, 1.807) is 0 Å². The lowest BCUT2D eigenvalue weighted by molar-refractivity contribution is -0.137. The fourth-order valence-corrected chi connectivity index (χ4v) is 2.38. The molecule has 0 radical (unpaired) electrons. The monoisotopic (exact) mass is 357 g/mol.